The quantitative estimate of drug-likeness (QED) is 0.357. The Morgan fingerprint density at radius 3 is 2.26 bits per heavy atom. The lowest BCUT2D eigenvalue weighted by molar-refractivity contribution is -0.164. The molecule has 0 spiro atoms. The van der Waals surface area contributed by atoms with E-state index in [1.54, 1.807) is 24.3 Å². The van der Waals surface area contributed by atoms with Gasteiger partial charge in [0, 0.05) is 0 Å². The van der Waals surface area contributed by atoms with Gasteiger partial charge in [-0.15, -0.1) is 11.6 Å². The Balaban J connectivity index is 2.57. The van der Waals surface area contributed by atoms with Gasteiger partial charge >= 0.3 is 5.97 Å². The van der Waals surface area contributed by atoms with Gasteiger partial charge in [-0.25, -0.2) is 4.79 Å². The highest BCUT2D eigenvalue weighted by molar-refractivity contribution is 6.23. The van der Waals surface area contributed by atoms with E-state index in [0.29, 0.717) is 12.0 Å². The van der Waals surface area contributed by atoms with Crippen LogP contribution in [0.25, 0.3) is 0 Å². The molecule has 0 aromatic heterocycles. The molecular formula is C19H29ClO3. The zero-order valence-electron chi connectivity index (χ0n) is 14.3. The Morgan fingerprint density at radius 2 is 1.70 bits per heavy atom. The first-order valence-corrected chi connectivity index (χ1v) is 9.01. The molecule has 1 N–H and O–H groups in total. The third-order valence-electron chi connectivity index (χ3n) is 4.22. The molecule has 130 valence electrons. The maximum absolute atomic E-state index is 12.1. The first-order valence-electron chi connectivity index (χ1n) is 8.57. The van der Waals surface area contributed by atoms with E-state index in [-0.39, 0.29) is 0 Å². The van der Waals surface area contributed by atoms with Gasteiger partial charge in [0.2, 0.25) is 5.60 Å². The van der Waals surface area contributed by atoms with Crippen LogP contribution in [0.1, 0.15) is 63.9 Å². The molecule has 4 heteroatoms. The average molecular weight is 341 g/mol. The van der Waals surface area contributed by atoms with Crippen molar-refractivity contribution in [2.24, 2.45) is 0 Å². The third kappa shape index (κ3) is 5.82. The summed E-state index contributed by atoms with van der Waals surface area (Å²) in [6.07, 6.45) is 8.76. The van der Waals surface area contributed by atoms with Crippen LogP contribution >= 0.6 is 11.6 Å². The number of alkyl halides is 1. The van der Waals surface area contributed by atoms with Crippen molar-refractivity contribution in [3.05, 3.63) is 35.9 Å². The van der Waals surface area contributed by atoms with Gasteiger partial charge in [0.25, 0.3) is 0 Å². The van der Waals surface area contributed by atoms with E-state index in [1.807, 2.05) is 6.07 Å². The highest BCUT2D eigenvalue weighted by Gasteiger charge is 2.45. The van der Waals surface area contributed by atoms with E-state index in [1.165, 1.54) is 39.2 Å². The van der Waals surface area contributed by atoms with Crippen molar-refractivity contribution in [1.82, 2.24) is 0 Å². The summed E-state index contributed by atoms with van der Waals surface area (Å²) in [6, 6.07) is 8.80. The Bertz CT molecular complexity index is 449. The number of benzene rings is 1. The van der Waals surface area contributed by atoms with E-state index in [2.05, 4.69) is 6.92 Å². The minimum absolute atomic E-state index is 0.481. The summed E-state index contributed by atoms with van der Waals surface area (Å²) in [5.41, 5.74) is -1.31. The Kier molecular flexibility index (Phi) is 9.27. The van der Waals surface area contributed by atoms with Gasteiger partial charge in [-0.2, -0.15) is 0 Å². The first-order chi connectivity index (χ1) is 11.1. The van der Waals surface area contributed by atoms with Gasteiger partial charge in [-0.3, -0.25) is 0 Å². The Labute approximate surface area is 145 Å². The fourth-order valence-corrected chi connectivity index (χ4v) is 3.13. The van der Waals surface area contributed by atoms with E-state index >= 15 is 0 Å². The summed E-state index contributed by atoms with van der Waals surface area (Å²) in [4.78, 5) is 12.1. The molecule has 0 heterocycles. The number of methoxy groups -OCH3 is 1. The van der Waals surface area contributed by atoms with Gasteiger partial charge in [-0.05, 0) is 12.0 Å². The predicted octanol–water partition coefficient (Wildman–Crippen LogP) is 4.80. The fraction of sp³-hybridized carbons (Fsp3) is 0.632. The Morgan fingerprint density at radius 1 is 1.13 bits per heavy atom. The van der Waals surface area contributed by atoms with Crippen molar-refractivity contribution < 1.29 is 14.6 Å². The van der Waals surface area contributed by atoms with Crippen LogP contribution in [0.2, 0.25) is 0 Å². The second kappa shape index (κ2) is 10.7. The van der Waals surface area contributed by atoms with Crippen LogP contribution in [0.4, 0.5) is 0 Å². The molecular weight excluding hydrogens is 312 g/mol. The predicted molar refractivity (Wildman–Crippen MR) is 94.6 cm³/mol. The molecule has 0 bridgehead atoms. The van der Waals surface area contributed by atoms with Gasteiger partial charge in [-0.1, -0.05) is 82.2 Å². The van der Waals surface area contributed by atoms with Gasteiger partial charge in [0.15, 0.2) is 0 Å². The maximum atomic E-state index is 12.1. The summed E-state index contributed by atoms with van der Waals surface area (Å²) in [5, 5.41) is 10.2. The molecule has 0 aliphatic carbocycles. The zero-order chi connectivity index (χ0) is 17.1. The number of ether oxygens (including phenoxy) is 1. The maximum Gasteiger partial charge on any atom is 0.344 e. The van der Waals surface area contributed by atoms with Crippen LogP contribution in [-0.2, 0) is 15.1 Å². The topological polar surface area (TPSA) is 46.5 Å². The van der Waals surface area contributed by atoms with Gasteiger partial charge < -0.3 is 9.84 Å². The molecule has 0 saturated carbocycles. The number of rotatable bonds is 11. The molecule has 1 aromatic carbocycles. The first kappa shape index (κ1) is 20.0. The second-order valence-electron chi connectivity index (χ2n) is 6.00. The molecule has 0 amide bonds. The summed E-state index contributed by atoms with van der Waals surface area (Å²) in [6.45, 7) is 2.20. The molecule has 0 radical (unpaired) electrons. The molecule has 0 unspecified atom stereocenters. The van der Waals surface area contributed by atoms with Crippen molar-refractivity contribution in [2.45, 2.75) is 69.3 Å². The molecule has 0 saturated heterocycles. The lowest BCUT2D eigenvalue weighted by atomic mass is 9.87. The number of unbranched alkanes of at least 4 members (excludes halogenated alkanes) is 6. The van der Waals surface area contributed by atoms with Gasteiger partial charge in [0.05, 0.1) is 12.5 Å². The number of carbonyl (C=O) groups excluding carboxylic acids is 1. The molecule has 1 aromatic rings. The van der Waals surface area contributed by atoms with Crippen LogP contribution < -0.4 is 0 Å². The molecule has 1 rings (SSSR count). The average Bonchev–Trinajstić information content (AvgIpc) is 2.60. The lowest BCUT2D eigenvalue weighted by Crippen LogP contribution is -2.45. The summed E-state index contributed by atoms with van der Waals surface area (Å²) >= 11 is 6.41. The van der Waals surface area contributed by atoms with Crippen LogP contribution in [0.3, 0.4) is 0 Å². The number of halogens is 1. The second-order valence-corrected chi connectivity index (χ2v) is 6.53. The fourth-order valence-electron chi connectivity index (χ4n) is 2.76. The normalized spacial score (nSPS) is 15.0. The molecule has 3 nitrogen and oxygen atoms in total. The smallest absolute Gasteiger partial charge is 0.344 e. The number of esters is 1. The number of hydrogen-bond acceptors (Lipinski definition) is 3. The Hall–Kier alpha value is -1.06. The highest BCUT2D eigenvalue weighted by atomic mass is 35.5. The standard InChI is InChI=1S/C19H29ClO3/c1-3-4-5-6-7-8-12-15-17(20)19(22,18(21)23-2)16-13-10-9-11-14-16/h9-11,13-14,17,22H,3-8,12,15H2,1-2H3/t17-,19-/m0/s1. The minimum Gasteiger partial charge on any atom is -0.467 e. The zero-order valence-corrected chi connectivity index (χ0v) is 15.0. The summed E-state index contributed by atoms with van der Waals surface area (Å²) < 4.78 is 4.79. The highest BCUT2D eigenvalue weighted by Crippen LogP contribution is 2.33. The molecule has 0 fully saturated rings. The molecule has 23 heavy (non-hydrogen) atoms. The van der Waals surface area contributed by atoms with Crippen LogP contribution in [0, 0.1) is 0 Å². The van der Waals surface area contributed by atoms with Crippen LogP contribution in [-0.4, -0.2) is 23.6 Å². The monoisotopic (exact) mass is 340 g/mol. The minimum atomic E-state index is -1.79. The van der Waals surface area contributed by atoms with Crippen LogP contribution in [0.5, 0.6) is 0 Å². The number of carbonyl (C=O) groups is 1. The lowest BCUT2D eigenvalue weighted by Gasteiger charge is -2.30. The largest absolute Gasteiger partial charge is 0.467 e. The molecule has 0 aliphatic heterocycles. The molecule has 2 atom stereocenters. The number of hydrogen-bond donors (Lipinski definition) is 1. The molecule has 0 aliphatic rings. The van der Waals surface area contributed by atoms with E-state index < -0.39 is 16.9 Å². The third-order valence-corrected chi connectivity index (χ3v) is 4.76. The number of aliphatic hydroxyl groups is 1. The van der Waals surface area contributed by atoms with Crippen molar-refractivity contribution in [1.29, 1.82) is 0 Å². The van der Waals surface area contributed by atoms with E-state index in [9.17, 15) is 9.90 Å². The van der Waals surface area contributed by atoms with Gasteiger partial charge in [0.1, 0.15) is 0 Å². The van der Waals surface area contributed by atoms with Crippen molar-refractivity contribution in [3.8, 4) is 0 Å². The van der Waals surface area contributed by atoms with Crippen LogP contribution in [0.15, 0.2) is 30.3 Å². The van der Waals surface area contributed by atoms with Crippen molar-refractivity contribution >= 4 is 17.6 Å². The SMILES string of the molecule is CCCCCCCCC[C@H](Cl)[C@](O)(C(=O)OC)c1ccccc1. The van der Waals surface area contributed by atoms with E-state index in [0.717, 1.165) is 12.8 Å². The van der Waals surface area contributed by atoms with Crippen molar-refractivity contribution in [2.75, 3.05) is 7.11 Å². The van der Waals surface area contributed by atoms with Crippen molar-refractivity contribution in [3.63, 3.8) is 0 Å². The van der Waals surface area contributed by atoms with E-state index in [4.69, 9.17) is 16.3 Å². The summed E-state index contributed by atoms with van der Waals surface area (Å²) in [5.74, 6) is -0.702. The summed E-state index contributed by atoms with van der Waals surface area (Å²) in [7, 11) is 1.27.